The lowest BCUT2D eigenvalue weighted by Gasteiger charge is -2.13. The molecule has 2 aromatic rings. The van der Waals surface area contributed by atoms with Crippen LogP contribution in [0.2, 0.25) is 0 Å². The topological polar surface area (TPSA) is 101 Å². The summed E-state index contributed by atoms with van der Waals surface area (Å²) in [5.74, 6) is 3.54. The Hall–Kier alpha value is -2.38. The highest BCUT2D eigenvalue weighted by Gasteiger charge is 2.19. The number of nitrogens with one attached hydrogen (secondary N) is 2. The smallest absolute Gasteiger partial charge is 0.226 e. The first kappa shape index (κ1) is 19.0. The molecule has 2 heterocycles. The van der Waals surface area contributed by atoms with Crippen molar-refractivity contribution in [3.63, 3.8) is 0 Å². The first-order chi connectivity index (χ1) is 11.9. The lowest BCUT2D eigenvalue weighted by Crippen LogP contribution is -2.37. The third-order valence-corrected chi connectivity index (χ3v) is 3.44. The van der Waals surface area contributed by atoms with Crippen LogP contribution in [0.1, 0.15) is 57.5 Å². The van der Waals surface area contributed by atoms with Crippen molar-refractivity contribution in [2.75, 3.05) is 13.1 Å². The van der Waals surface area contributed by atoms with Gasteiger partial charge in [-0.1, -0.05) is 25.9 Å². The summed E-state index contributed by atoms with van der Waals surface area (Å²) in [7, 11) is 0. The number of aryl methyl sites for hydroxylation is 2. The highest BCUT2D eigenvalue weighted by molar-refractivity contribution is 5.79. The molecule has 0 radical (unpaired) electrons. The third-order valence-electron chi connectivity index (χ3n) is 3.44. The van der Waals surface area contributed by atoms with Crippen LogP contribution in [-0.4, -0.2) is 34.2 Å². The molecule has 0 aliphatic rings. The second-order valence-corrected chi connectivity index (χ2v) is 6.83. The molecule has 0 aliphatic heterocycles. The van der Waals surface area contributed by atoms with Gasteiger partial charge in [-0.05, 0) is 20.3 Å². The van der Waals surface area contributed by atoms with Gasteiger partial charge in [0.25, 0.3) is 0 Å². The minimum absolute atomic E-state index is 0.0508. The summed E-state index contributed by atoms with van der Waals surface area (Å²) in [4.78, 5) is 13.0. The molecule has 0 atom stereocenters. The van der Waals surface area contributed by atoms with Gasteiger partial charge in [-0.15, -0.1) is 0 Å². The van der Waals surface area contributed by atoms with E-state index < -0.39 is 0 Å². The Kier molecular flexibility index (Phi) is 6.55. The van der Waals surface area contributed by atoms with Gasteiger partial charge in [0.2, 0.25) is 11.8 Å². The Bertz CT molecular complexity index is 683. The fraction of sp³-hybridized carbons (Fsp3) is 0.647. The standard InChI is InChI=1S/C17H28N6O2/c1-6-18-16(19-9-7-8-14-22-12(2)23-25-14)21-11-15-20-10-13(24-15)17(3,4)5/h10H,6-9,11H2,1-5H3,(H2,18,19,21). The van der Waals surface area contributed by atoms with E-state index >= 15 is 0 Å². The van der Waals surface area contributed by atoms with Gasteiger partial charge in [0.1, 0.15) is 12.3 Å². The number of hydrogen-bond donors (Lipinski definition) is 2. The van der Waals surface area contributed by atoms with Crippen molar-refractivity contribution in [1.82, 2.24) is 25.8 Å². The molecule has 0 aliphatic carbocycles. The molecule has 8 nitrogen and oxygen atoms in total. The zero-order valence-corrected chi connectivity index (χ0v) is 15.7. The maximum absolute atomic E-state index is 5.76. The van der Waals surface area contributed by atoms with Crippen molar-refractivity contribution in [3.8, 4) is 0 Å². The van der Waals surface area contributed by atoms with E-state index in [1.54, 1.807) is 6.20 Å². The second-order valence-electron chi connectivity index (χ2n) is 6.83. The largest absolute Gasteiger partial charge is 0.443 e. The minimum Gasteiger partial charge on any atom is -0.443 e. The van der Waals surface area contributed by atoms with Crippen LogP contribution in [-0.2, 0) is 18.4 Å². The molecule has 0 saturated carbocycles. The average Bonchev–Trinajstić information content (AvgIpc) is 3.17. The van der Waals surface area contributed by atoms with Gasteiger partial charge in [-0.3, -0.25) is 0 Å². The van der Waals surface area contributed by atoms with E-state index in [1.165, 1.54) is 0 Å². The second kappa shape index (κ2) is 8.64. The molecule has 0 aromatic carbocycles. The predicted octanol–water partition coefficient (Wildman–Crippen LogP) is 2.35. The molecule has 0 spiro atoms. The fourth-order valence-electron chi connectivity index (χ4n) is 2.11. The van der Waals surface area contributed by atoms with Crippen molar-refractivity contribution in [1.29, 1.82) is 0 Å². The van der Waals surface area contributed by atoms with Gasteiger partial charge in [-0.25, -0.2) is 9.98 Å². The van der Waals surface area contributed by atoms with E-state index in [4.69, 9.17) is 8.94 Å². The first-order valence-electron chi connectivity index (χ1n) is 8.65. The van der Waals surface area contributed by atoms with E-state index in [-0.39, 0.29) is 5.41 Å². The van der Waals surface area contributed by atoms with Gasteiger partial charge in [0.15, 0.2) is 11.8 Å². The lowest BCUT2D eigenvalue weighted by molar-refractivity contribution is 0.372. The molecule has 25 heavy (non-hydrogen) atoms. The van der Waals surface area contributed by atoms with Gasteiger partial charge >= 0.3 is 0 Å². The summed E-state index contributed by atoms with van der Waals surface area (Å²) in [5, 5.41) is 10.3. The molecule has 8 heteroatoms. The summed E-state index contributed by atoms with van der Waals surface area (Å²) in [6, 6.07) is 0. The van der Waals surface area contributed by atoms with Crippen molar-refractivity contribution < 1.29 is 8.94 Å². The van der Waals surface area contributed by atoms with E-state index in [2.05, 4.69) is 51.5 Å². The normalized spacial score (nSPS) is 12.4. The van der Waals surface area contributed by atoms with Crippen LogP contribution in [0.4, 0.5) is 0 Å². The molecular formula is C17H28N6O2. The number of guanidine groups is 1. The Balaban J connectivity index is 1.82. The van der Waals surface area contributed by atoms with E-state index in [0.717, 1.165) is 37.7 Å². The van der Waals surface area contributed by atoms with E-state index in [1.807, 2.05) is 13.8 Å². The Morgan fingerprint density at radius 3 is 2.64 bits per heavy atom. The molecule has 0 amide bonds. The number of nitrogens with zero attached hydrogens (tertiary/aromatic N) is 4. The van der Waals surface area contributed by atoms with Crippen LogP contribution < -0.4 is 10.6 Å². The van der Waals surface area contributed by atoms with Gasteiger partial charge in [0, 0.05) is 24.9 Å². The van der Waals surface area contributed by atoms with Crippen molar-refractivity contribution in [3.05, 3.63) is 29.6 Å². The average molecular weight is 348 g/mol. The molecule has 138 valence electrons. The van der Waals surface area contributed by atoms with Gasteiger partial charge in [0.05, 0.1) is 6.20 Å². The van der Waals surface area contributed by atoms with Crippen LogP contribution in [0.3, 0.4) is 0 Å². The molecule has 0 saturated heterocycles. The maximum Gasteiger partial charge on any atom is 0.226 e. The van der Waals surface area contributed by atoms with Crippen molar-refractivity contribution in [2.24, 2.45) is 4.99 Å². The molecule has 2 N–H and O–H groups in total. The molecule has 2 rings (SSSR count). The SMILES string of the molecule is CCNC(=NCc1ncc(C(C)(C)C)o1)NCCCc1nc(C)no1. The summed E-state index contributed by atoms with van der Waals surface area (Å²) >= 11 is 0. The zero-order chi connectivity index (χ0) is 18.3. The minimum atomic E-state index is -0.0508. The van der Waals surface area contributed by atoms with Crippen LogP contribution in [0.25, 0.3) is 0 Å². The maximum atomic E-state index is 5.76. The summed E-state index contributed by atoms with van der Waals surface area (Å²) < 4.78 is 10.9. The number of aliphatic imine (C=N–C) groups is 1. The van der Waals surface area contributed by atoms with Crippen LogP contribution >= 0.6 is 0 Å². The molecule has 0 fully saturated rings. The first-order valence-corrected chi connectivity index (χ1v) is 8.65. The molecule has 2 aromatic heterocycles. The Morgan fingerprint density at radius 1 is 1.24 bits per heavy atom. The van der Waals surface area contributed by atoms with Gasteiger partial charge in [-0.2, -0.15) is 4.98 Å². The Labute approximate surface area is 148 Å². The fourth-order valence-corrected chi connectivity index (χ4v) is 2.11. The Morgan fingerprint density at radius 2 is 2.04 bits per heavy atom. The number of hydrogen-bond acceptors (Lipinski definition) is 6. The van der Waals surface area contributed by atoms with Crippen molar-refractivity contribution >= 4 is 5.96 Å². The van der Waals surface area contributed by atoms with Gasteiger partial charge < -0.3 is 19.6 Å². The van der Waals surface area contributed by atoms with Crippen LogP contribution in [0, 0.1) is 6.92 Å². The number of rotatable bonds is 7. The van der Waals surface area contributed by atoms with E-state index in [0.29, 0.717) is 24.2 Å². The third kappa shape index (κ3) is 6.21. The van der Waals surface area contributed by atoms with Crippen LogP contribution in [0.15, 0.2) is 20.1 Å². The highest BCUT2D eigenvalue weighted by atomic mass is 16.5. The summed E-state index contributed by atoms with van der Waals surface area (Å²) in [5.41, 5.74) is -0.0508. The van der Waals surface area contributed by atoms with Crippen molar-refractivity contribution in [2.45, 2.75) is 59.4 Å². The molecule has 0 bridgehead atoms. The number of aromatic nitrogens is 3. The highest BCUT2D eigenvalue weighted by Crippen LogP contribution is 2.22. The predicted molar refractivity (Wildman–Crippen MR) is 95.4 cm³/mol. The number of oxazole rings is 1. The van der Waals surface area contributed by atoms with E-state index in [9.17, 15) is 0 Å². The van der Waals surface area contributed by atoms with Crippen LogP contribution in [0.5, 0.6) is 0 Å². The summed E-state index contributed by atoms with van der Waals surface area (Å²) in [6.45, 7) is 12.1. The lowest BCUT2D eigenvalue weighted by atomic mass is 9.94. The summed E-state index contributed by atoms with van der Waals surface area (Å²) in [6.07, 6.45) is 3.39. The zero-order valence-electron chi connectivity index (χ0n) is 15.7. The molecular weight excluding hydrogens is 320 g/mol. The molecule has 0 unspecified atom stereocenters. The quantitative estimate of drug-likeness (QED) is 0.450. The monoisotopic (exact) mass is 348 g/mol.